The molecule has 1 aliphatic heterocycles. The number of carbonyl (C=O) groups is 2. The van der Waals surface area contributed by atoms with Crippen LogP contribution in [0.2, 0.25) is 0 Å². The van der Waals surface area contributed by atoms with Gasteiger partial charge in [-0.25, -0.2) is 0 Å². The summed E-state index contributed by atoms with van der Waals surface area (Å²) < 4.78 is 5.45. The van der Waals surface area contributed by atoms with Gasteiger partial charge in [0, 0.05) is 63.0 Å². The van der Waals surface area contributed by atoms with E-state index in [0.717, 1.165) is 42.1 Å². The molecule has 3 aromatic carbocycles. The van der Waals surface area contributed by atoms with E-state index < -0.39 is 0 Å². The van der Waals surface area contributed by atoms with Crippen LogP contribution in [0.1, 0.15) is 27.0 Å². The Hall–Kier alpha value is -4.16. The predicted molar refractivity (Wildman–Crippen MR) is 158 cm³/mol. The number of amides is 2. The van der Waals surface area contributed by atoms with Crippen LogP contribution in [0.3, 0.4) is 0 Å². The normalized spacial score (nSPS) is 14.2. The summed E-state index contributed by atoms with van der Waals surface area (Å²) in [6.45, 7) is 6.79. The Labute approximate surface area is 231 Å². The highest BCUT2D eigenvalue weighted by Crippen LogP contribution is 2.19. The number of aryl methyl sites for hydroxylation is 1. The second-order valence-electron chi connectivity index (χ2n) is 9.67. The van der Waals surface area contributed by atoms with Crippen molar-refractivity contribution in [3.63, 3.8) is 0 Å². The molecule has 0 atom stereocenters. The lowest BCUT2D eigenvalue weighted by atomic mass is 10.1. The largest absolute Gasteiger partial charge is 0.496 e. The first-order chi connectivity index (χ1) is 19.0. The number of rotatable bonds is 10. The van der Waals surface area contributed by atoms with Gasteiger partial charge in [0.1, 0.15) is 5.75 Å². The molecule has 3 aromatic rings. The smallest absolute Gasteiger partial charge is 0.254 e. The first-order valence-corrected chi connectivity index (χ1v) is 13.4. The van der Waals surface area contributed by atoms with E-state index in [2.05, 4.69) is 4.90 Å². The summed E-state index contributed by atoms with van der Waals surface area (Å²) in [5.74, 6) is 0.854. The van der Waals surface area contributed by atoms with E-state index in [1.807, 2.05) is 114 Å². The minimum Gasteiger partial charge on any atom is -0.496 e. The topological polar surface area (TPSA) is 53.1 Å². The number of nitrogens with zero attached hydrogens (tertiary/aromatic N) is 3. The van der Waals surface area contributed by atoms with Crippen molar-refractivity contribution in [3.05, 3.63) is 113 Å². The van der Waals surface area contributed by atoms with Crippen molar-refractivity contribution in [1.82, 2.24) is 14.7 Å². The van der Waals surface area contributed by atoms with E-state index in [0.29, 0.717) is 31.7 Å². The number of hydrogen-bond acceptors (Lipinski definition) is 4. The maximum Gasteiger partial charge on any atom is 0.254 e. The molecule has 202 valence electrons. The number of para-hydroxylation sites is 1. The molecular formula is C33H37N3O3. The SMILES string of the molecule is COc1ccccc1C=CCN(CCN1CCN(C(=O)C=Cc2ccccc2)CC1)C(=O)c1ccc(C)cc1. The van der Waals surface area contributed by atoms with Crippen LogP contribution in [0.15, 0.2) is 91.0 Å². The molecule has 0 aromatic heterocycles. The fraction of sp³-hybridized carbons (Fsp3) is 0.273. The van der Waals surface area contributed by atoms with Gasteiger partial charge in [-0.3, -0.25) is 14.5 Å². The molecule has 0 aliphatic carbocycles. The van der Waals surface area contributed by atoms with Crippen LogP contribution < -0.4 is 4.74 Å². The average molecular weight is 524 g/mol. The van der Waals surface area contributed by atoms with Crippen LogP contribution in [0.4, 0.5) is 0 Å². The summed E-state index contributed by atoms with van der Waals surface area (Å²) in [6, 6.07) is 25.4. The zero-order valence-electron chi connectivity index (χ0n) is 22.8. The van der Waals surface area contributed by atoms with Crippen molar-refractivity contribution < 1.29 is 14.3 Å². The number of benzene rings is 3. The van der Waals surface area contributed by atoms with Gasteiger partial charge < -0.3 is 14.5 Å². The maximum absolute atomic E-state index is 13.4. The lowest BCUT2D eigenvalue weighted by molar-refractivity contribution is -0.127. The Kier molecular flexibility index (Phi) is 10.1. The van der Waals surface area contributed by atoms with E-state index >= 15 is 0 Å². The van der Waals surface area contributed by atoms with Crippen molar-refractivity contribution >= 4 is 24.0 Å². The number of methoxy groups -OCH3 is 1. The zero-order chi connectivity index (χ0) is 27.5. The first-order valence-electron chi connectivity index (χ1n) is 13.4. The van der Waals surface area contributed by atoms with Crippen molar-refractivity contribution in [3.8, 4) is 5.75 Å². The molecule has 0 bridgehead atoms. The molecule has 1 aliphatic rings. The first kappa shape index (κ1) is 27.9. The molecule has 0 unspecified atom stereocenters. The Morgan fingerprint density at radius 1 is 0.872 bits per heavy atom. The van der Waals surface area contributed by atoms with Crippen LogP contribution in [-0.4, -0.2) is 79.4 Å². The van der Waals surface area contributed by atoms with Gasteiger partial charge in [0.15, 0.2) is 0 Å². The summed E-state index contributed by atoms with van der Waals surface area (Å²) in [7, 11) is 1.66. The highest BCUT2D eigenvalue weighted by Gasteiger charge is 2.21. The predicted octanol–water partition coefficient (Wildman–Crippen LogP) is 5.02. The molecule has 0 radical (unpaired) electrons. The third-order valence-corrected chi connectivity index (χ3v) is 6.94. The van der Waals surface area contributed by atoms with Crippen LogP contribution in [-0.2, 0) is 4.79 Å². The van der Waals surface area contributed by atoms with Gasteiger partial charge in [-0.1, -0.05) is 78.4 Å². The monoisotopic (exact) mass is 523 g/mol. The van der Waals surface area contributed by atoms with E-state index in [1.54, 1.807) is 13.2 Å². The third kappa shape index (κ3) is 8.16. The fourth-order valence-corrected chi connectivity index (χ4v) is 4.56. The van der Waals surface area contributed by atoms with Crippen LogP contribution in [0.25, 0.3) is 12.2 Å². The summed E-state index contributed by atoms with van der Waals surface area (Å²) in [5.41, 5.74) is 3.81. The molecule has 4 rings (SSSR count). The van der Waals surface area contributed by atoms with Crippen molar-refractivity contribution in [2.24, 2.45) is 0 Å². The molecular weight excluding hydrogens is 486 g/mol. The molecule has 6 heteroatoms. The van der Waals surface area contributed by atoms with Crippen LogP contribution >= 0.6 is 0 Å². The molecule has 1 saturated heterocycles. The van der Waals surface area contributed by atoms with E-state index in [4.69, 9.17) is 4.74 Å². The third-order valence-electron chi connectivity index (χ3n) is 6.94. The Morgan fingerprint density at radius 3 is 2.28 bits per heavy atom. The zero-order valence-corrected chi connectivity index (χ0v) is 22.8. The van der Waals surface area contributed by atoms with Crippen molar-refractivity contribution in [2.75, 3.05) is 52.9 Å². The van der Waals surface area contributed by atoms with E-state index in [9.17, 15) is 9.59 Å². The summed E-state index contributed by atoms with van der Waals surface area (Å²) >= 11 is 0. The standard InChI is InChI=1S/C33H37N3O3/c1-27-14-17-30(18-15-27)33(38)36(20-8-12-29-11-6-7-13-31(29)39-2)26-23-34-21-24-35(25-22-34)32(37)19-16-28-9-4-3-5-10-28/h3-19H,20-26H2,1-2H3. The maximum atomic E-state index is 13.4. The van der Waals surface area contributed by atoms with Gasteiger partial charge in [-0.05, 0) is 36.8 Å². The molecule has 0 spiro atoms. The molecule has 0 N–H and O–H groups in total. The number of hydrogen-bond donors (Lipinski definition) is 0. The van der Waals surface area contributed by atoms with Crippen LogP contribution in [0, 0.1) is 6.92 Å². The molecule has 2 amide bonds. The second-order valence-corrected chi connectivity index (χ2v) is 9.67. The van der Waals surface area contributed by atoms with Gasteiger partial charge >= 0.3 is 0 Å². The van der Waals surface area contributed by atoms with Crippen molar-refractivity contribution in [1.29, 1.82) is 0 Å². The van der Waals surface area contributed by atoms with E-state index in [-0.39, 0.29) is 11.8 Å². The molecule has 39 heavy (non-hydrogen) atoms. The number of carbonyl (C=O) groups excluding carboxylic acids is 2. The molecule has 6 nitrogen and oxygen atoms in total. The van der Waals surface area contributed by atoms with Gasteiger partial charge in [-0.2, -0.15) is 0 Å². The number of ether oxygens (including phenoxy) is 1. The minimum absolute atomic E-state index is 0.0135. The molecule has 1 fully saturated rings. The summed E-state index contributed by atoms with van der Waals surface area (Å²) in [4.78, 5) is 32.2. The summed E-state index contributed by atoms with van der Waals surface area (Å²) in [5, 5.41) is 0. The molecule has 0 saturated carbocycles. The highest BCUT2D eigenvalue weighted by atomic mass is 16.5. The Balaban J connectivity index is 1.34. The lowest BCUT2D eigenvalue weighted by Crippen LogP contribution is -2.50. The molecule has 1 heterocycles. The Morgan fingerprint density at radius 2 is 1.56 bits per heavy atom. The van der Waals surface area contributed by atoms with Crippen molar-refractivity contribution in [2.45, 2.75) is 6.92 Å². The minimum atomic E-state index is 0.0135. The fourth-order valence-electron chi connectivity index (χ4n) is 4.56. The average Bonchev–Trinajstić information content (AvgIpc) is 2.98. The van der Waals surface area contributed by atoms with Gasteiger partial charge in [-0.15, -0.1) is 0 Å². The lowest BCUT2D eigenvalue weighted by Gasteiger charge is -2.35. The van der Waals surface area contributed by atoms with E-state index in [1.165, 1.54) is 0 Å². The van der Waals surface area contributed by atoms with Gasteiger partial charge in [0.2, 0.25) is 5.91 Å². The van der Waals surface area contributed by atoms with Crippen LogP contribution in [0.5, 0.6) is 5.75 Å². The number of piperazine rings is 1. The van der Waals surface area contributed by atoms with Gasteiger partial charge in [0.25, 0.3) is 5.91 Å². The van der Waals surface area contributed by atoms with Gasteiger partial charge in [0.05, 0.1) is 7.11 Å². The highest BCUT2D eigenvalue weighted by molar-refractivity contribution is 5.94. The summed E-state index contributed by atoms with van der Waals surface area (Å²) in [6.07, 6.45) is 7.53. The Bertz CT molecular complexity index is 1280. The quantitative estimate of drug-likeness (QED) is 0.351. The second kappa shape index (κ2) is 14.1.